The molecule has 100 heavy (non-hydrogen) atoms. The Kier molecular flexibility index (Phi) is 26.7. The molecule has 0 aromatic heterocycles. The van der Waals surface area contributed by atoms with Crippen LogP contribution < -0.4 is 29.6 Å². The zero-order chi connectivity index (χ0) is 74.6. The largest absolute Gasteiger partial charge is 0.491 e. The van der Waals surface area contributed by atoms with Gasteiger partial charge in [0.05, 0.1) is 100 Å². The first-order valence-electron chi connectivity index (χ1n) is 28.4. The molecule has 0 heterocycles. The van der Waals surface area contributed by atoms with Crippen molar-refractivity contribution < 1.29 is 123 Å². The normalized spacial score (nSPS) is 13.1. The molecule has 0 unspecified atom stereocenters. The summed E-state index contributed by atoms with van der Waals surface area (Å²) in [7, 11) is -38.0. The van der Waals surface area contributed by atoms with Crippen molar-refractivity contribution in [3.8, 4) is 23.0 Å². The molecular formula is C54H64N10O28S8. The van der Waals surface area contributed by atoms with Crippen LogP contribution in [-0.4, -0.2) is 160 Å². The number of anilines is 2. The Bertz CT molecular complexity index is 5200. The molecule has 0 radical (unpaired) electrons. The molecule has 6 rings (SSSR count). The van der Waals surface area contributed by atoms with E-state index < -0.39 is 135 Å². The molecule has 0 saturated carbocycles. The molecule has 0 aliphatic heterocycles. The van der Waals surface area contributed by atoms with E-state index in [0.717, 1.165) is 24.3 Å². The third-order valence-corrected chi connectivity index (χ3v) is 20.0. The van der Waals surface area contributed by atoms with E-state index in [1.165, 1.54) is 44.2 Å². The van der Waals surface area contributed by atoms with Crippen molar-refractivity contribution in [2.24, 2.45) is 40.9 Å². The first-order valence-corrected chi connectivity index (χ1v) is 40.6. The Labute approximate surface area is 574 Å². The van der Waals surface area contributed by atoms with Crippen molar-refractivity contribution in [2.45, 2.75) is 79.9 Å². The Hall–Kier alpha value is -8.20. The number of hydrogen-bond acceptors (Lipinski definition) is 30. The van der Waals surface area contributed by atoms with Gasteiger partial charge in [-0.15, -0.1) is 25.6 Å². The number of azo groups is 4. The van der Waals surface area contributed by atoms with Gasteiger partial charge in [0.2, 0.25) is 0 Å². The van der Waals surface area contributed by atoms with Crippen molar-refractivity contribution in [1.82, 2.24) is 0 Å². The van der Waals surface area contributed by atoms with Gasteiger partial charge >= 0.3 is 0 Å². The number of benzene rings is 6. The van der Waals surface area contributed by atoms with Crippen LogP contribution in [0.25, 0.3) is 0 Å². The van der Waals surface area contributed by atoms with Crippen LogP contribution in [0.3, 0.4) is 0 Å². The minimum atomic E-state index is -5.16. The van der Waals surface area contributed by atoms with Gasteiger partial charge in [-0.1, -0.05) is 0 Å². The van der Waals surface area contributed by atoms with E-state index in [9.17, 15) is 104 Å². The number of ether oxygens (including phenoxy) is 4. The highest BCUT2D eigenvalue weighted by Crippen LogP contribution is 2.44. The second-order valence-electron chi connectivity index (χ2n) is 21.3. The van der Waals surface area contributed by atoms with E-state index in [2.05, 4.69) is 51.5 Å². The van der Waals surface area contributed by atoms with Crippen molar-refractivity contribution >= 4 is 138 Å². The molecule has 0 aliphatic carbocycles. The summed E-state index contributed by atoms with van der Waals surface area (Å²) in [5, 5.41) is 39.7. The molecule has 38 nitrogen and oxygen atoms in total. The molecule has 46 heteroatoms. The van der Waals surface area contributed by atoms with Crippen molar-refractivity contribution in [2.75, 3.05) is 66.7 Å². The number of nitrogens with one attached hydrogen (secondary N) is 2. The van der Waals surface area contributed by atoms with Crippen LogP contribution in [0.5, 0.6) is 23.0 Å². The van der Waals surface area contributed by atoms with Gasteiger partial charge in [-0.05, 0) is 143 Å². The zero-order valence-electron chi connectivity index (χ0n) is 52.8. The summed E-state index contributed by atoms with van der Waals surface area (Å²) in [6.07, 6.45) is -0.903. The summed E-state index contributed by atoms with van der Waals surface area (Å²) in [6.45, 7) is 6.36. The van der Waals surface area contributed by atoms with Gasteiger partial charge in [-0.3, -0.25) is 36.4 Å². The van der Waals surface area contributed by atoms with Gasteiger partial charge in [-0.2, -0.15) is 82.7 Å². The molecule has 6 aromatic carbocycles. The van der Waals surface area contributed by atoms with Crippen LogP contribution in [0.4, 0.5) is 56.9 Å². The summed E-state index contributed by atoms with van der Waals surface area (Å²) in [6, 6.07) is 14.0. The lowest BCUT2D eigenvalue weighted by molar-refractivity contribution is 0.315. The summed E-state index contributed by atoms with van der Waals surface area (Å²) in [4.78, 5) is -3.85. The number of nitrogens with zero attached hydrogens (tertiary/aromatic N) is 8. The lowest BCUT2D eigenvalue weighted by Gasteiger charge is -2.20. The van der Waals surface area contributed by atoms with Crippen molar-refractivity contribution in [3.63, 3.8) is 0 Å². The van der Waals surface area contributed by atoms with Crippen LogP contribution >= 0.6 is 0 Å². The van der Waals surface area contributed by atoms with E-state index in [-0.39, 0.29) is 138 Å². The summed E-state index contributed by atoms with van der Waals surface area (Å²) < 4.78 is 289. The molecule has 0 spiro atoms. The second kappa shape index (κ2) is 33.1. The fourth-order valence-electron chi connectivity index (χ4n) is 8.63. The lowest BCUT2D eigenvalue weighted by atomic mass is 10.1. The lowest BCUT2D eigenvalue weighted by Crippen LogP contribution is -2.15. The van der Waals surface area contributed by atoms with E-state index in [1.807, 2.05) is 0 Å². The predicted octanol–water partition coefficient (Wildman–Crippen LogP) is 9.99. The van der Waals surface area contributed by atoms with Crippen molar-refractivity contribution in [3.05, 3.63) is 107 Å². The SMILES string of the molecule is Cc1cc(/N=N\c2cc(OCCCS(=O)(=O)O)c(NCNc3cc(C)c(/N=N\c4cc(C)c(N=Nc5ccc(S(=O)(=O)O)cc5S(=O)(=O)O)cc4OCCCS(=O)(=O)O)c(C)c3OCCCS(=O)(=O)O)cc2C)c(OCCCS(=O)(=O)O)cc1N=Nc1ccc(S(=O)(=O)O)cc1S(=O)(=O)O. The molecular weight excluding hydrogens is 1490 g/mol. The van der Waals surface area contributed by atoms with E-state index in [4.69, 9.17) is 18.9 Å². The van der Waals surface area contributed by atoms with Crippen LogP contribution in [0.1, 0.15) is 53.5 Å². The fraction of sp³-hybridized carbons (Fsp3) is 0.333. The van der Waals surface area contributed by atoms with E-state index in [0.29, 0.717) is 28.8 Å². The zero-order valence-corrected chi connectivity index (χ0v) is 59.3. The Morgan fingerprint density at radius 1 is 0.330 bits per heavy atom. The summed E-state index contributed by atoms with van der Waals surface area (Å²) >= 11 is 0. The average Bonchev–Trinajstić information content (AvgIpc) is 0.811. The van der Waals surface area contributed by atoms with E-state index >= 15 is 0 Å². The Balaban J connectivity index is 1.36. The topological polar surface area (TPSA) is 595 Å². The third kappa shape index (κ3) is 25.1. The van der Waals surface area contributed by atoms with Gasteiger partial charge < -0.3 is 29.6 Å². The number of rotatable bonds is 36. The van der Waals surface area contributed by atoms with Gasteiger partial charge in [0, 0.05) is 23.8 Å². The van der Waals surface area contributed by atoms with Gasteiger partial charge in [0.25, 0.3) is 80.9 Å². The maximum absolute atomic E-state index is 12.2. The minimum absolute atomic E-state index is 0.0230. The Morgan fingerprint density at radius 3 is 1.03 bits per heavy atom. The van der Waals surface area contributed by atoms with Gasteiger partial charge in [0.1, 0.15) is 55.5 Å². The minimum Gasteiger partial charge on any atom is -0.491 e. The molecule has 0 fully saturated rings. The van der Waals surface area contributed by atoms with E-state index in [1.54, 1.807) is 32.9 Å². The summed E-state index contributed by atoms with van der Waals surface area (Å²) in [5.74, 6) is -2.96. The standard InChI is InChI=1S/C54H64N10O28S8/c1-32-22-44(48(89-14-6-18-93(65,66)67)28-41(32)61-62-45-23-33(2)42(29-49(45)90-15-7-19-94(68,69)70)59-57-39-12-10-37(97(77,78)79)26-51(39)99(83,84)85)55-31-56-47-25-35(4)53(36(5)54(47)92-17-9-21-96(74,75)76)64-63-46-24-34(3)43(30-50(46)91-16-8-20-95(71,72)73)60-58-40-13-11-38(98(80,81)82)27-52(40)100(86,87)88/h10-13,22-30,55-56H,6-9,14-21,31H2,1-5H3,(H,65,66,67)(H,68,69,70)(H,71,72,73)(H,74,75,76)(H,77,78,79)(H,80,81,82)(H,83,84,85)(H,86,87,88)/b59-57?,60-58?,62-61-,64-63-. The average molecular weight is 1560 g/mol. The Morgan fingerprint density at radius 2 is 0.650 bits per heavy atom. The number of aryl methyl sites for hydroxylation is 4. The third-order valence-electron chi connectivity index (χ3n) is 13.4. The molecule has 0 bridgehead atoms. The molecule has 0 amide bonds. The molecule has 10 N–H and O–H groups in total. The first-order chi connectivity index (χ1) is 46.2. The van der Waals surface area contributed by atoms with Crippen molar-refractivity contribution in [1.29, 1.82) is 0 Å². The quantitative estimate of drug-likeness (QED) is 0.00756. The first kappa shape index (κ1) is 80.8. The smallest absolute Gasteiger partial charge is 0.296 e. The highest BCUT2D eigenvalue weighted by atomic mass is 32.2. The molecule has 0 aliphatic rings. The number of hydrogen-bond donors (Lipinski definition) is 10. The fourth-order valence-corrected chi connectivity index (χ4v) is 13.0. The molecule has 0 saturated heterocycles. The second-order valence-corrected chi connectivity index (χ2v) is 33.2. The maximum atomic E-state index is 12.2. The predicted molar refractivity (Wildman–Crippen MR) is 357 cm³/mol. The van der Waals surface area contributed by atoms with Gasteiger partial charge in [0.15, 0.2) is 0 Å². The molecule has 0 atom stereocenters. The van der Waals surface area contributed by atoms with Crippen LogP contribution in [-0.2, 0) is 80.9 Å². The van der Waals surface area contributed by atoms with Crippen LogP contribution in [0.15, 0.2) is 139 Å². The molecule has 546 valence electrons. The van der Waals surface area contributed by atoms with Gasteiger partial charge in [-0.25, -0.2) is 0 Å². The molecule has 6 aromatic rings. The highest BCUT2D eigenvalue weighted by Gasteiger charge is 2.25. The van der Waals surface area contributed by atoms with Crippen LogP contribution in [0.2, 0.25) is 0 Å². The summed E-state index contributed by atoms with van der Waals surface area (Å²) in [5.41, 5.74) is 1.21. The highest BCUT2D eigenvalue weighted by molar-refractivity contribution is 7.88. The monoisotopic (exact) mass is 1560 g/mol. The maximum Gasteiger partial charge on any atom is 0.296 e. The van der Waals surface area contributed by atoms with Crippen LogP contribution in [0, 0.1) is 34.6 Å².